The molecule has 0 unspecified atom stereocenters. The molecule has 8 heteroatoms. The van der Waals surface area contributed by atoms with E-state index in [2.05, 4.69) is 0 Å². The van der Waals surface area contributed by atoms with Gasteiger partial charge in [0, 0.05) is 39.3 Å². The van der Waals surface area contributed by atoms with Crippen molar-refractivity contribution in [2.24, 2.45) is 0 Å². The van der Waals surface area contributed by atoms with E-state index in [0.717, 1.165) is 0 Å². The van der Waals surface area contributed by atoms with Crippen LogP contribution in [0.2, 0.25) is 0 Å². The van der Waals surface area contributed by atoms with Crippen molar-refractivity contribution in [3.05, 3.63) is 24.2 Å². The van der Waals surface area contributed by atoms with E-state index in [-0.39, 0.29) is 5.91 Å². The average Bonchev–Trinajstić information content (AvgIpc) is 3.15. The number of hydrogen-bond donors (Lipinski definition) is 0. The molecule has 0 bridgehead atoms. The van der Waals surface area contributed by atoms with Gasteiger partial charge in [0.05, 0.1) is 25.0 Å². The molecule has 2 saturated heterocycles. The second-order valence-electron chi connectivity index (χ2n) is 5.50. The molecule has 0 saturated carbocycles. The van der Waals surface area contributed by atoms with Gasteiger partial charge in [0.2, 0.25) is 0 Å². The summed E-state index contributed by atoms with van der Waals surface area (Å²) in [4.78, 5) is 41.3. The Morgan fingerprint density at radius 3 is 1.96 bits per heavy atom. The van der Waals surface area contributed by atoms with Gasteiger partial charge in [0.15, 0.2) is 0 Å². The Labute approximate surface area is 133 Å². The Kier molecular flexibility index (Phi) is 4.61. The van der Waals surface area contributed by atoms with E-state index in [1.54, 1.807) is 11.0 Å². The van der Waals surface area contributed by atoms with E-state index in [4.69, 9.17) is 9.15 Å². The number of rotatable bonds is 1. The lowest BCUT2D eigenvalue weighted by Gasteiger charge is -2.35. The maximum Gasteiger partial charge on any atom is 0.312 e. The lowest BCUT2D eigenvalue weighted by atomic mass is 10.2. The molecular weight excluding hydrogens is 302 g/mol. The molecule has 0 aliphatic carbocycles. The molecule has 8 nitrogen and oxygen atoms in total. The summed E-state index contributed by atoms with van der Waals surface area (Å²) in [5, 5.41) is 0. The van der Waals surface area contributed by atoms with Gasteiger partial charge in [-0.2, -0.15) is 0 Å². The fourth-order valence-corrected chi connectivity index (χ4v) is 2.72. The fraction of sp³-hybridized carbons (Fsp3) is 0.533. The van der Waals surface area contributed by atoms with Crippen LogP contribution in [0.15, 0.2) is 23.0 Å². The smallest absolute Gasteiger partial charge is 0.312 e. The maximum absolute atomic E-state index is 12.3. The summed E-state index contributed by atoms with van der Waals surface area (Å²) in [5.41, 5.74) is 0.495. The Bertz CT molecular complexity index is 572. The standard InChI is InChI=1S/C15H19N3O5/c19-13(12-1-8-23-11-12)16-2-4-17(5-3-16)14(20)15(21)18-6-9-22-10-7-18/h1,8,11H,2-7,9-10H2. The van der Waals surface area contributed by atoms with Crippen LogP contribution in [0.3, 0.4) is 0 Å². The van der Waals surface area contributed by atoms with E-state index in [0.29, 0.717) is 58.0 Å². The molecular formula is C15H19N3O5. The highest BCUT2D eigenvalue weighted by molar-refractivity contribution is 6.34. The molecule has 124 valence electrons. The van der Waals surface area contributed by atoms with Gasteiger partial charge in [-0.05, 0) is 6.07 Å². The van der Waals surface area contributed by atoms with Crippen LogP contribution in [0, 0.1) is 0 Å². The second-order valence-corrected chi connectivity index (χ2v) is 5.50. The lowest BCUT2D eigenvalue weighted by Crippen LogP contribution is -2.55. The van der Waals surface area contributed by atoms with Crippen molar-refractivity contribution in [3.63, 3.8) is 0 Å². The Morgan fingerprint density at radius 2 is 1.39 bits per heavy atom. The molecule has 1 aromatic heterocycles. The summed E-state index contributed by atoms with van der Waals surface area (Å²) in [6.45, 7) is 3.36. The largest absolute Gasteiger partial charge is 0.472 e. The number of amides is 3. The fourth-order valence-electron chi connectivity index (χ4n) is 2.72. The van der Waals surface area contributed by atoms with Crippen LogP contribution in [-0.2, 0) is 14.3 Å². The second kappa shape index (κ2) is 6.82. The van der Waals surface area contributed by atoms with Gasteiger partial charge in [-0.25, -0.2) is 0 Å². The van der Waals surface area contributed by atoms with Crippen LogP contribution in [0.25, 0.3) is 0 Å². The summed E-state index contributed by atoms with van der Waals surface area (Å²) in [6, 6.07) is 1.61. The maximum atomic E-state index is 12.3. The SMILES string of the molecule is O=C(C(=O)N1CCN(C(=O)c2ccoc2)CC1)N1CCOCC1. The Hall–Kier alpha value is -2.35. The number of carbonyl (C=O) groups is 3. The van der Waals surface area contributed by atoms with Crippen molar-refractivity contribution >= 4 is 17.7 Å². The molecule has 2 aliphatic heterocycles. The van der Waals surface area contributed by atoms with Crippen LogP contribution in [0.4, 0.5) is 0 Å². The van der Waals surface area contributed by atoms with Crippen molar-refractivity contribution < 1.29 is 23.5 Å². The molecule has 3 heterocycles. The third-order valence-corrected chi connectivity index (χ3v) is 4.10. The average molecular weight is 321 g/mol. The third-order valence-electron chi connectivity index (χ3n) is 4.10. The van der Waals surface area contributed by atoms with Crippen molar-refractivity contribution in [3.8, 4) is 0 Å². The zero-order chi connectivity index (χ0) is 16.2. The van der Waals surface area contributed by atoms with Gasteiger partial charge in [-0.1, -0.05) is 0 Å². The highest BCUT2D eigenvalue weighted by Crippen LogP contribution is 2.10. The minimum Gasteiger partial charge on any atom is -0.472 e. The van der Waals surface area contributed by atoms with E-state index in [1.807, 2.05) is 0 Å². The van der Waals surface area contributed by atoms with Gasteiger partial charge in [-0.15, -0.1) is 0 Å². The summed E-state index contributed by atoms with van der Waals surface area (Å²) in [6.07, 6.45) is 2.86. The van der Waals surface area contributed by atoms with Crippen molar-refractivity contribution in [1.29, 1.82) is 0 Å². The zero-order valence-electron chi connectivity index (χ0n) is 12.8. The van der Waals surface area contributed by atoms with E-state index >= 15 is 0 Å². The first-order chi connectivity index (χ1) is 11.2. The monoisotopic (exact) mass is 321 g/mol. The lowest BCUT2D eigenvalue weighted by molar-refractivity contribution is -0.154. The van der Waals surface area contributed by atoms with Gasteiger partial charge < -0.3 is 23.9 Å². The van der Waals surface area contributed by atoms with Crippen LogP contribution in [-0.4, -0.2) is 84.9 Å². The predicted octanol–water partition coefficient (Wildman–Crippen LogP) is -0.577. The number of ether oxygens (including phenoxy) is 1. The Morgan fingerprint density at radius 1 is 0.826 bits per heavy atom. The quantitative estimate of drug-likeness (QED) is 0.647. The topological polar surface area (TPSA) is 83.3 Å². The summed E-state index contributed by atoms with van der Waals surface area (Å²) >= 11 is 0. The summed E-state index contributed by atoms with van der Waals surface area (Å²) in [5.74, 6) is -1.10. The highest BCUT2D eigenvalue weighted by atomic mass is 16.5. The summed E-state index contributed by atoms with van der Waals surface area (Å²) in [7, 11) is 0. The molecule has 0 radical (unpaired) electrons. The van der Waals surface area contributed by atoms with Crippen LogP contribution < -0.4 is 0 Å². The molecule has 3 rings (SSSR count). The molecule has 1 aromatic rings. The minimum atomic E-state index is -0.498. The number of piperazine rings is 1. The van der Waals surface area contributed by atoms with Crippen molar-refractivity contribution in [2.75, 3.05) is 52.5 Å². The molecule has 3 amide bonds. The molecule has 0 N–H and O–H groups in total. The first kappa shape index (κ1) is 15.5. The van der Waals surface area contributed by atoms with E-state index < -0.39 is 11.8 Å². The molecule has 0 spiro atoms. The summed E-state index contributed by atoms with van der Waals surface area (Å²) < 4.78 is 10.1. The van der Waals surface area contributed by atoms with Crippen molar-refractivity contribution in [1.82, 2.24) is 14.7 Å². The first-order valence-corrected chi connectivity index (χ1v) is 7.64. The predicted molar refractivity (Wildman–Crippen MR) is 78.6 cm³/mol. The number of nitrogens with zero attached hydrogens (tertiary/aromatic N) is 3. The van der Waals surface area contributed by atoms with Gasteiger partial charge in [-0.3, -0.25) is 14.4 Å². The van der Waals surface area contributed by atoms with Crippen LogP contribution >= 0.6 is 0 Å². The first-order valence-electron chi connectivity index (χ1n) is 7.64. The highest BCUT2D eigenvalue weighted by Gasteiger charge is 2.31. The molecule has 2 aliphatic rings. The van der Waals surface area contributed by atoms with Gasteiger partial charge in [0.1, 0.15) is 6.26 Å². The third kappa shape index (κ3) is 3.37. The number of furan rings is 1. The zero-order valence-corrected chi connectivity index (χ0v) is 12.8. The molecule has 0 aromatic carbocycles. The number of hydrogen-bond acceptors (Lipinski definition) is 5. The van der Waals surface area contributed by atoms with Crippen molar-refractivity contribution in [2.45, 2.75) is 0 Å². The minimum absolute atomic E-state index is 0.120. The van der Waals surface area contributed by atoms with Gasteiger partial charge in [0.25, 0.3) is 5.91 Å². The molecule has 23 heavy (non-hydrogen) atoms. The number of morpholine rings is 1. The molecule has 0 atom stereocenters. The normalized spacial score (nSPS) is 18.9. The molecule has 2 fully saturated rings. The Balaban J connectivity index is 1.53. The van der Waals surface area contributed by atoms with Gasteiger partial charge >= 0.3 is 11.8 Å². The van der Waals surface area contributed by atoms with Crippen LogP contribution in [0.1, 0.15) is 10.4 Å². The van der Waals surface area contributed by atoms with E-state index in [1.165, 1.54) is 22.3 Å². The van der Waals surface area contributed by atoms with E-state index in [9.17, 15) is 14.4 Å². The number of carbonyl (C=O) groups excluding carboxylic acids is 3. The van der Waals surface area contributed by atoms with Crippen LogP contribution in [0.5, 0.6) is 0 Å².